The minimum atomic E-state index is -0.928. The molecular formula is C14H12F2N2O3. The Morgan fingerprint density at radius 2 is 1.76 bits per heavy atom. The Morgan fingerprint density at radius 3 is 2.38 bits per heavy atom. The predicted molar refractivity (Wildman–Crippen MR) is 72.3 cm³/mol. The molecule has 2 aromatic carbocycles. The third kappa shape index (κ3) is 3.14. The average molecular weight is 294 g/mol. The number of benzene rings is 2. The smallest absolute Gasteiger partial charge is 0.314 e. The minimum Gasteiger partial charge on any atom is -0.444 e. The first-order chi connectivity index (χ1) is 10.0. The summed E-state index contributed by atoms with van der Waals surface area (Å²) in [6.07, 6.45) is 0. The number of halogens is 2. The van der Waals surface area contributed by atoms with Gasteiger partial charge in [0.2, 0.25) is 5.75 Å². The highest BCUT2D eigenvalue weighted by molar-refractivity contribution is 5.50. The second kappa shape index (κ2) is 6.27. The number of nitrogens with zero attached hydrogens (tertiary/aromatic N) is 1. The molecule has 0 unspecified atom stereocenters. The fourth-order valence-electron chi connectivity index (χ4n) is 1.84. The zero-order valence-electron chi connectivity index (χ0n) is 11.1. The van der Waals surface area contributed by atoms with Crippen LogP contribution >= 0.6 is 0 Å². The Kier molecular flexibility index (Phi) is 4.44. The monoisotopic (exact) mass is 294 g/mol. The van der Waals surface area contributed by atoms with Crippen LogP contribution in [0.25, 0.3) is 0 Å². The Balaban J connectivity index is 2.50. The molecule has 2 aromatic rings. The third-order valence-electron chi connectivity index (χ3n) is 2.76. The molecule has 5 nitrogen and oxygen atoms in total. The highest BCUT2D eigenvalue weighted by atomic mass is 19.1. The van der Waals surface area contributed by atoms with E-state index in [2.05, 4.69) is 5.32 Å². The fraction of sp³-hybridized carbons (Fsp3) is 0.143. The van der Waals surface area contributed by atoms with Gasteiger partial charge >= 0.3 is 5.69 Å². The van der Waals surface area contributed by atoms with Crippen molar-refractivity contribution in [1.29, 1.82) is 0 Å². The van der Waals surface area contributed by atoms with Crippen molar-refractivity contribution in [2.75, 3.05) is 7.05 Å². The van der Waals surface area contributed by atoms with Gasteiger partial charge in [0.15, 0.2) is 17.4 Å². The van der Waals surface area contributed by atoms with Crippen molar-refractivity contribution in [3.8, 4) is 11.5 Å². The van der Waals surface area contributed by atoms with Crippen LogP contribution in [0.4, 0.5) is 14.5 Å². The summed E-state index contributed by atoms with van der Waals surface area (Å²) in [5, 5.41) is 13.7. The summed E-state index contributed by atoms with van der Waals surface area (Å²) in [5.74, 6) is -2.49. The summed E-state index contributed by atoms with van der Waals surface area (Å²) < 4.78 is 32.8. The number of hydrogen-bond donors (Lipinski definition) is 1. The molecule has 0 aliphatic heterocycles. The SMILES string of the molecule is CNCc1cccc(F)c1Oc1c(F)cccc1[N+](=O)[O-]. The lowest BCUT2D eigenvalue weighted by molar-refractivity contribution is -0.385. The van der Waals surface area contributed by atoms with Gasteiger partial charge in [-0.1, -0.05) is 18.2 Å². The van der Waals surface area contributed by atoms with Gasteiger partial charge in [0.25, 0.3) is 0 Å². The molecule has 0 spiro atoms. The van der Waals surface area contributed by atoms with Crippen LogP contribution in [0.2, 0.25) is 0 Å². The quantitative estimate of drug-likeness (QED) is 0.678. The number of ether oxygens (including phenoxy) is 1. The summed E-state index contributed by atoms with van der Waals surface area (Å²) in [5.41, 5.74) is -0.135. The maximum atomic E-state index is 13.9. The second-order valence-electron chi connectivity index (χ2n) is 4.21. The maximum Gasteiger partial charge on any atom is 0.314 e. The molecule has 0 saturated heterocycles. The summed E-state index contributed by atoms with van der Waals surface area (Å²) in [6, 6.07) is 7.50. The minimum absolute atomic E-state index is 0.236. The van der Waals surface area contributed by atoms with E-state index in [-0.39, 0.29) is 12.3 Å². The van der Waals surface area contributed by atoms with Crippen LogP contribution in [0.15, 0.2) is 36.4 Å². The lowest BCUT2D eigenvalue weighted by atomic mass is 10.2. The average Bonchev–Trinajstić information content (AvgIpc) is 2.44. The summed E-state index contributed by atoms with van der Waals surface area (Å²) in [4.78, 5) is 10.1. The fourth-order valence-corrected chi connectivity index (χ4v) is 1.84. The van der Waals surface area contributed by atoms with Gasteiger partial charge in [-0.25, -0.2) is 8.78 Å². The summed E-state index contributed by atoms with van der Waals surface area (Å²) >= 11 is 0. The standard InChI is InChI=1S/C14H12F2N2O3/c1-17-8-9-4-2-5-10(15)13(9)21-14-11(16)6-3-7-12(14)18(19)20/h2-7,17H,8H2,1H3. The molecule has 0 aliphatic carbocycles. The van der Waals surface area contributed by atoms with E-state index in [4.69, 9.17) is 4.74 Å². The normalized spacial score (nSPS) is 10.4. The number of nitro benzene ring substituents is 1. The molecule has 2 rings (SSSR count). The van der Waals surface area contributed by atoms with Gasteiger partial charge in [-0.2, -0.15) is 0 Å². The lowest BCUT2D eigenvalue weighted by Crippen LogP contribution is -2.08. The van der Waals surface area contributed by atoms with Gasteiger partial charge < -0.3 is 10.1 Å². The molecule has 110 valence electrons. The molecular weight excluding hydrogens is 282 g/mol. The van der Waals surface area contributed by atoms with Crippen LogP contribution in [-0.4, -0.2) is 12.0 Å². The van der Waals surface area contributed by atoms with Crippen molar-refractivity contribution in [2.24, 2.45) is 0 Å². The van der Waals surface area contributed by atoms with Crippen LogP contribution in [0, 0.1) is 21.7 Å². The van der Waals surface area contributed by atoms with Crippen molar-refractivity contribution in [1.82, 2.24) is 5.32 Å². The second-order valence-corrected chi connectivity index (χ2v) is 4.21. The molecule has 0 heterocycles. The third-order valence-corrected chi connectivity index (χ3v) is 2.76. The number of rotatable bonds is 5. The van der Waals surface area contributed by atoms with Crippen LogP contribution in [0.1, 0.15) is 5.56 Å². The molecule has 0 saturated carbocycles. The highest BCUT2D eigenvalue weighted by Gasteiger charge is 2.22. The summed E-state index contributed by atoms with van der Waals surface area (Å²) in [7, 11) is 1.65. The van der Waals surface area contributed by atoms with Crippen molar-refractivity contribution in [3.63, 3.8) is 0 Å². The Hall–Kier alpha value is -2.54. The van der Waals surface area contributed by atoms with Crippen molar-refractivity contribution >= 4 is 5.69 Å². The van der Waals surface area contributed by atoms with Crippen LogP contribution in [0.5, 0.6) is 11.5 Å². The number of nitrogens with one attached hydrogen (secondary N) is 1. The van der Waals surface area contributed by atoms with Gasteiger partial charge in [-0.05, 0) is 19.2 Å². The Labute approximate surface area is 119 Å². The van der Waals surface area contributed by atoms with E-state index in [1.165, 1.54) is 12.1 Å². The predicted octanol–water partition coefficient (Wildman–Crippen LogP) is 3.38. The molecule has 0 aliphatic rings. The first kappa shape index (κ1) is 14.9. The van der Waals surface area contributed by atoms with E-state index < -0.39 is 28.0 Å². The largest absolute Gasteiger partial charge is 0.444 e. The molecule has 0 aromatic heterocycles. The van der Waals surface area contributed by atoms with E-state index in [0.29, 0.717) is 5.56 Å². The zero-order valence-corrected chi connectivity index (χ0v) is 11.1. The van der Waals surface area contributed by atoms with Gasteiger partial charge in [0.1, 0.15) is 0 Å². The van der Waals surface area contributed by atoms with E-state index in [0.717, 1.165) is 18.2 Å². The first-order valence-electron chi connectivity index (χ1n) is 6.07. The van der Waals surface area contributed by atoms with Crippen molar-refractivity contribution < 1.29 is 18.4 Å². The molecule has 0 fully saturated rings. The highest BCUT2D eigenvalue weighted by Crippen LogP contribution is 2.36. The maximum absolute atomic E-state index is 13.9. The molecule has 21 heavy (non-hydrogen) atoms. The topological polar surface area (TPSA) is 64.4 Å². The van der Waals surface area contributed by atoms with E-state index in [1.807, 2.05) is 0 Å². The van der Waals surface area contributed by atoms with Gasteiger partial charge in [-0.3, -0.25) is 10.1 Å². The van der Waals surface area contributed by atoms with E-state index in [1.54, 1.807) is 13.1 Å². The van der Waals surface area contributed by atoms with Crippen molar-refractivity contribution in [3.05, 3.63) is 63.7 Å². The molecule has 0 amide bonds. The zero-order chi connectivity index (χ0) is 15.4. The molecule has 0 atom stereocenters. The molecule has 0 bridgehead atoms. The number of para-hydroxylation sites is 2. The molecule has 7 heteroatoms. The number of nitro groups is 1. The summed E-state index contributed by atoms with van der Waals surface area (Å²) in [6.45, 7) is 0.273. The first-order valence-corrected chi connectivity index (χ1v) is 6.07. The van der Waals surface area contributed by atoms with Crippen molar-refractivity contribution in [2.45, 2.75) is 6.54 Å². The molecule has 0 radical (unpaired) electrons. The molecule has 1 N–H and O–H groups in total. The van der Waals surface area contributed by atoms with Crippen LogP contribution < -0.4 is 10.1 Å². The van der Waals surface area contributed by atoms with Gasteiger partial charge in [0, 0.05) is 18.2 Å². The Morgan fingerprint density at radius 1 is 1.14 bits per heavy atom. The van der Waals surface area contributed by atoms with E-state index >= 15 is 0 Å². The number of hydrogen-bond acceptors (Lipinski definition) is 4. The van der Waals surface area contributed by atoms with Crippen LogP contribution in [0.3, 0.4) is 0 Å². The lowest BCUT2D eigenvalue weighted by Gasteiger charge is -2.12. The Bertz CT molecular complexity index is 677. The van der Waals surface area contributed by atoms with Gasteiger partial charge in [0.05, 0.1) is 4.92 Å². The van der Waals surface area contributed by atoms with E-state index in [9.17, 15) is 18.9 Å². The van der Waals surface area contributed by atoms with Crippen LogP contribution in [-0.2, 0) is 6.54 Å². The van der Waals surface area contributed by atoms with Gasteiger partial charge in [-0.15, -0.1) is 0 Å².